The monoisotopic (exact) mass is 612 g/mol. The number of β-lactam (4-membered cyclic amide) rings is 2. The summed E-state index contributed by atoms with van der Waals surface area (Å²) in [7, 11) is 0. The number of carbonyl (C=O) groups excluding carboxylic acids is 6. The Morgan fingerprint density at radius 3 is 1.71 bits per heavy atom. The molecule has 4 amide bonds. The number of esters is 2. The van der Waals surface area contributed by atoms with Crippen molar-refractivity contribution in [2.24, 2.45) is 0 Å². The predicted molar refractivity (Wildman–Crippen MR) is 153 cm³/mol. The molecular weight excluding hydrogens is 584 g/mol. The highest BCUT2D eigenvalue weighted by Gasteiger charge is 2.58. The standard InChI is InChI=1S/C33H28N2O10/c1-33(2)44-25(31(40)42-22-18-34(29(22)38)27(36)20-14-8-4-9-15-20)26(45-33)32(41)43-24-23(19-12-6-3-7-13-19)35(30(24)39)28(37)21-16-10-5-11-17-21/h3-17,22-26H,18H2,1-2H3/t22-,23+,24-,25-,26-/m1/s1. The van der Waals surface area contributed by atoms with Crippen molar-refractivity contribution < 1.29 is 47.7 Å². The van der Waals surface area contributed by atoms with Crippen LogP contribution in [0.5, 0.6) is 0 Å². The van der Waals surface area contributed by atoms with Crippen LogP contribution in [-0.4, -0.2) is 82.1 Å². The van der Waals surface area contributed by atoms with Crippen LogP contribution in [0.15, 0.2) is 91.0 Å². The Morgan fingerprint density at radius 1 is 0.689 bits per heavy atom. The zero-order valence-electron chi connectivity index (χ0n) is 24.2. The molecule has 5 atom stereocenters. The minimum Gasteiger partial charge on any atom is -0.448 e. The molecule has 3 fully saturated rings. The van der Waals surface area contributed by atoms with Crippen LogP contribution in [0.1, 0.15) is 46.2 Å². The van der Waals surface area contributed by atoms with Gasteiger partial charge in [-0.15, -0.1) is 0 Å². The number of nitrogens with zero attached hydrogens (tertiary/aromatic N) is 2. The van der Waals surface area contributed by atoms with E-state index >= 15 is 0 Å². The van der Waals surface area contributed by atoms with Crippen molar-refractivity contribution in [2.75, 3.05) is 6.54 Å². The van der Waals surface area contributed by atoms with Crippen LogP contribution >= 0.6 is 0 Å². The summed E-state index contributed by atoms with van der Waals surface area (Å²) in [6.07, 6.45) is -5.93. The molecule has 230 valence electrons. The van der Waals surface area contributed by atoms with Gasteiger partial charge in [-0.3, -0.25) is 29.0 Å². The molecule has 0 saturated carbocycles. The van der Waals surface area contributed by atoms with E-state index in [2.05, 4.69) is 0 Å². The second kappa shape index (κ2) is 11.7. The molecule has 3 aliphatic heterocycles. The van der Waals surface area contributed by atoms with E-state index in [0.717, 1.165) is 9.80 Å². The molecule has 0 N–H and O–H groups in total. The Morgan fingerprint density at radius 2 is 1.18 bits per heavy atom. The third-order valence-corrected chi connectivity index (χ3v) is 7.64. The molecule has 3 aliphatic rings. The van der Waals surface area contributed by atoms with E-state index in [0.29, 0.717) is 11.1 Å². The summed E-state index contributed by atoms with van der Waals surface area (Å²) >= 11 is 0. The molecule has 3 heterocycles. The molecule has 0 radical (unpaired) electrons. The summed E-state index contributed by atoms with van der Waals surface area (Å²) in [5, 5.41) is 0. The second-order valence-electron chi connectivity index (χ2n) is 11.1. The zero-order chi connectivity index (χ0) is 31.9. The van der Waals surface area contributed by atoms with E-state index in [1.54, 1.807) is 91.0 Å². The predicted octanol–water partition coefficient (Wildman–Crippen LogP) is 2.44. The van der Waals surface area contributed by atoms with Crippen LogP contribution in [0.4, 0.5) is 0 Å². The van der Waals surface area contributed by atoms with Crippen molar-refractivity contribution in [3.05, 3.63) is 108 Å². The summed E-state index contributed by atoms with van der Waals surface area (Å²) in [5.41, 5.74) is 1.14. The largest absolute Gasteiger partial charge is 0.448 e. The van der Waals surface area contributed by atoms with Gasteiger partial charge in [0, 0.05) is 11.1 Å². The van der Waals surface area contributed by atoms with Gasteiger partial charge in [-0.1, -0.05) is 66.7 Å². The van der Waals surface area contributed by atoms with Crippen LogP contribution in [0.2, 0.25) is 0 Å². The van der Waals surface area contributed by atoms with Gasteiger partial charge in [-0.2, -0.15) is 0 Å². The molecule has 6 rings (SSSR count). The highest BCUT2D eigenvalue weighted by Crippen LogP contribution is 2.39. The average Bonchev–Trinajstić information content (AvgIpc) is 3.39. The number of benzene rings is 3. The van der Waals surface area contributed by atoms with E-state index < -0.39 is 71.8 Å². The van der Waals surface area contributed by atoms with Crippen molar-refractivity contribution in [1.29, 1.82) is 0 Å². The van der Waals surface area contributed by atoms with Crippen LogP contribution in [-0.2, 0) is 38.1 Å². The maximum absolute atomic E-state index is 13.4. The van der Waals surface area contributed by atoms with Crippen LogP contribution in [0, 0.1) is 0 Å². The SMILES string of the molecule is CC1(C)O[C@@H](C(=O)O[C@@H]2CN(C(=O)c3ccccc3)C2=O)[C@H](C(=O)O[C@H]2C(=O)N(C(=O)c3ccccc3)[C@H]2c2ccccc2)O1. The quantitative estimate of drug-likeness (QED) is 0.222. The van der Waals surface area contributed by atoms with Gasteiger partial charge in [-0.05, 0) is 43.7 Å². The first-order chi connectivity index (χ1) is 21.6. The fourth-order valence-corrected chi connectivity index (χ4v) is 5.41. The minimum atomic E-state index is -1.65. The first kappa shape index (κ1) is 29.9. The first-order valence-electron chi connectivity index (χ1n) is 14.2. The maximum atomic E-state index is 13.4. The van der Waals surface area contributed by atoms with Crippen molar-refractivity contribution in [3.8, 4) is 0 Å². The van der Waals surface area contributed by atoms with E-state index in [1.165, 1.54) is 13.8 Å². The van der Waals surface area contributed by atoms with Crippen molar-refractivity contribution in [2.45, 2.75) is 50.1 Å². The van der Waals surface area contributed by atoms with Crippen molar-refractivity contribution in [3.63, 3.8) is 0 Å². The van der Waals surface area contributed by atoms with Crippen molar-refractivity contribution in [1.82, 2.24) is 9.80 Å². The molecule has 0 aliphatic carbocycles. The molecule has 12 nitrogen and oxygen atoms in total. The molecule has 0 aromatic heterocycles. The number of carbonyl (C=O) groups is 6. The number of imide groups is 2. The average molecular weight is 613 g/mol. The van der Waals surface area contributed by atoms with E-state index in [1.807, 2.05) is 0 Å². The van der Waals surface area contributed by atoms with Crippen molar-refractivity contribution >= 4 is 35.6 Å². The van der Waals surface area contributed by atoms with Gasteiger partial charge >= 0.3 is 11.9 Å². The molecule has 3 saturated heterocycles. The maximum Gasteiger partial charge on any atom is 0.339 e. The lowest BCUT2D eigenvalue weighted by atomic mass is 9.89. The molecule has 3 aromatic rings. The number of hydrogen-bond acceptors (Lipinski definition) is 10. The van der Waals surface area contributed by atoms with Crippen LogP contribution in [0.3, 0.4) is 0 Å². The van der Waals surface area contributed by atoms with Gasteiger partial charge in [-0.25, -0.2) is 9.59 Å². The third kappa shape index (κ3) is 5.61. The molecule has 3 aromatic carbocycles. The molecule has 45 heavy (non-hydrogen) atoms. The lowest BCUT2D eigenvalue weighted by molar-refractivity contribution is -0.190. The minimum absolute atomic E-state index is 0.176. The molecule has 0 bridgehead atoms. The lowest BCUT2D eigenvalue weighted by Gasteiger charge is -2.45. The lowest BCUT2D eigenvalue weighted by Crippen LogP contribution is -2.63. The number of likely N-dealkylation sites (tertiary alicyclic amines) is 2. The van der Waals surface area contributed by atoms with Gasteiger partial charge in [0.1, 0.15) is 6.04 Å². The molecule has 0 spiro atoms. The topological polar surface area (TPSA) is 146 Å². The van der Waals surface area contributed by atoms with E-state index in [-0.39, 0.29) is 12.1 Å². The first-order valence-corrected chi connectivity index (χ1v) is 14.2. The Hall–Kier alpha value is -5.20. The number of rotatable bonds is 7. The Labute approximate surface area is 257 Å². The van der Waals surface area contributed by atoms with E-state index in [4.69, 9.17) is 18.9 Å². The molecule has 0 unspecified atom stereocenters. The van der Waals surface area contributed by atoms with Gasteiger partial charge in [0.25, 0.3) is 23.6 Å². The van der Waals surface area contributed by atoms with Gasteiger partial charge in [0.05, 0.1) is 6.54 Å². The van der Waals surface area contributed by atoms with Gasteiger partial charge in [0.2, 0.25) is 6.10 Å². The molecular formula is C33H28N2O10. The van der Waals surface area contributed by atoms with Crippen LogP contribution < -0.4 is 0 Å². The highest BCUT2D eigenvalue weighted by atomic mass is 16.8. The normalized spacial score (nSPS) is 25.2. The zero-order valence-corrected chi connectivity index (χ0v) is 24.2. The number of hydrogen-bond donors (Lipinski definition) is 0. The summed E-state index contributed by atoms with van der Waals surface area (Å²) in [6, 6.07) is 24.1. The summed E-state index contributed by atoms with van der Waals surface area (Å²) in [6.45, 7) is 2.76. The summed E-state index contributed by atoms with van der Waals surface area (Å²) in [4.78, 5) is 80.3. The van der Waals surface area contributed by atoms with Crippen LogP contribution in [0.25, 0.3) is 0 Å². The Kier molecular flexibility index (Phi) is 7.77. The highest BCUT2D eigenvalue weighted by molar-refractivity contribution is 6.11. The fourth-order valence-electron chi connectivity index (χ4n) is 5.41. The number of amides is 4. The van der Waals surface area contributed by atoms with Gasteiger partial charge < -0.3 is 18.9 Å². The Balaban J connectivity index is 1.15. The summed E-state index contributed by atoms with van der Waals surface area (Å²) < 4.78 is 22.2. The Bertz CT molecular complexity index is 1660. The van der Waals surface area contributed by atoms with Gasteiger partial charge in [0.15, 0.2) is 24.1 Å². The third-order valence-electron chi connectivity index (χ3n) is 7.64. The smallest absolute Gasteiger partial charge is 0.339 e. The summed E-state index contributed by atoms with van der Waals surface area (Å²) in [5.74, 6) is -6.15. The second-order valence-corrected chi connectivity index (χ2v) is 11.1. The molecule has 12 heteroatoms. The number of ether oxygens (including phenoxy) is 4. The fraction of sp³-hybridized carbons (Fsp3) is 0.273. The van der Waals surface area contributed by atoms with E-state index in [9.17, 15) is 28.8 Å².